The number of carboxylic acids is 1. The number of aliphatic hydroxyl groups excluding tert-OH is 2. The van der Waals surface area contributed by atoms with Crippen molar-refractivity contribution in [3.8, 4) is 0 Å². The van der Waals surface area contributed by atoms with Crippen LogP contribution >= 0.6 is 12.4 Å². The van der Waals surface area contributed by atoms with Crippen LogP contribution < -0.4 is 21.3 Å². The van der Waals surface area contributed by atoms with Gasteiger partial charge in [0.2, 0.25) is 0 Å². The number of hydrogen-bond acceptors (Lipinski definition) is 11. The molecule has 0 unspecified atom stereocenters. The van der Waals surface area contributed by atoms with Gasteiger partial charge in [-0.2, -0.15) is 10.2 Å². The van der Waals surface area contributed by atoms with Crippen molar-refractivity contribution < 1.29 is 29.6 Å². The van der Waals surface area contributed by atoms with Gasteiger partial charge >= 0.3 is 11.9 Å². The summed E-state index contributed by atoms with van der Waals surface area (Å²) in [6.45, 7) is 1.99. The van der Waals surface area contributed by atoms with E-state index in [-0.39, 0.29) is 83.2 Å². The summed E-state index contributed by atoms with van der Waals surface area (Å²) in [6, 6.07) is 22.7. The van der Waals surface area contributed by atoms with Crippen LogP contribution in [0.4, 0.5) is 0 Å². The second-order valence-electron chi connectivity index (χ2n) is 11.8. The molecule has 0 spiro atoms. The molecule has 0 amide bonds. The van der Waals surface area contributed by atoms with Gasteiger partial charge in [0.25, 0.3) is 0 Å². The standard InChI is InChI=1S/C20H21N3O4.C18H17N3O4.ClH/c1-2-27-18(26)11-10-16(24)19-17(25)12-15(23-20(19)21-13-22-23)9-8-14-6-4-3-5-7-14;22-14(8-9-16(24)25)17-15(23)10-13(21-18(17)19-11-20-21)7-6-12-4-2-1-3-5-12;/h3-7,12-13,24H,2,8-11H2,1H3;1-5,10-11,22H,6-9H2,(H,24,25);1H. The van der Waals surface area contributed by atoms with Crippen LogP contribution in [0.5, 0.6) is 0 Å². The lowest BCUT2D eigenvalue weighted by molar-refractivity contribution is -0.143. The zero-order valence-electron chi connectivity index (χ0n) is 28.9. The van der Waals surface area contributed by atoms with Gasteiger partial charge in [0.15, 0.2) is 22.2 Å². The monoisotopic (exact) mass is 742 g/mol. The second-order valence-corrected chi connectivity index (χ2v) is 11.8. The molecule has 4 aromatic heterocycles. The smallest absolute Gasteiger partial charge is 0.306 e. The Balaban J connectivity index is 0.000000233. The third-order valence-corrected chi connectivity index (χ3v) is 8.22. The number of aromatic nitrogens is 6. The molecular formula is C38H39ClN6O8. The first kappa shape index (κ1) is 39.6. The number of benzene rings is 2. The highest BCUT2D eigenvalue weighted by Crippen LogP contribution is 2.09. The van der Waals surface area contributed by atoms with Crippen LogP contribution in [-0.2, 0) is 40.0 Å². The second kappa shape index (κ2) is 18.9. The fraction of sp³-hybridized carbons (Fsp3) is 0.263. The Bertz CT molecular complexity index is 2400. The van der Waals surface area contributed by atoms with Gasteiger partial charge < -0.3 is 20.1 Å². The average molecular weight is 743 g/mol. The van der Waals surface area contributed by atoms with Gasteiger partial charge in [-0.1, -0.05) is 60.7 Å². The maximum absolute atomic E-state index is 12.6. The molecule has 6 rings (SSSR count). The molecule has 0 radical (unpaired) electrons. The van der Waals surface area contributed by atoms with Crippen molar-refractivity contribution in [3.05, 3.63) is 139 Å². The molecule has 276 valence electrons. The third-order valence-electron chi connectivity index (χ3n) is 8.22. The lowest BCUT2D eigenvalue weighted by Gasteiger charge is -2.06. The molecular weight excluding hydrogens is 704 g/mol. The van der Waals surface area contributed by atoms with Crippen LogP contribution in [0.15, 0.2) is 95.0 Å². The number of aliphatic hydroxyl groups is 2. The van der Waals surface area contributed by atoms with E-state index in [4.69, 9.17) is 9.84 Å². The quantitative estimate of drug-likeness (QED) is 0.146. The molecule has 3 N–H and O–H groups in total. The Morgan fingerprint density at radius 2 is 1.08 bits per heavy atom. The molecule has 0 atom stereocenters. The molecule has 53 heavy (non-hydrogen) atoms. The number of halogens is 1. The predicted molar refractivity (Wildman–Crippen MR) is 199 cm³/mol. The number of rotatable bonds is 13. The van der Waals surface area contributed by atoms with E-state index in [0.717, 1.165) is 29.7 Å². The van der Waals surface area contributed by atoms with Crippen molar-refractivity contribution in [2.24, 2.45) is 0 Å². The van der Waals surface area contributed by atoms with Crippen LogP contribution in [0.2, 0.25) is 0 Å². The molecule has 0 aliphatic heterocycles. The molecule has 14 nitrogen and oxygen atoms in total. The maximum Gasteiger partial charge on any atom is 0.306 e. The molecule has 2 aromatic carbocycles. The van der Waals surface area contributed by atoms with Crippen molar-refractivity contribution in [1.82, 2.24) is 29.2 Å². The fourth-order valence-electron chi connectivity index (χ4n) is 5.70. The van der Waals surface area contributed by atoms with Crippen LogP contribution in [0.3, 0.4) is 0 Å². The Labute approximate surface area is 309 Å². The number of pyridine rings is 2. The summed E-state index contributed by atoms with van der Waals surface area (Å²) in [4.78, 5) is 55.4. The van der Waals surface area contributed by atoms with E-state index in [1.165, 1.54) is 29.3 Å². The number of ether oxygens (including phenoxy) is 1. The number of esters is 1. The lowest BCUT2D eigenvalue weighted by atomic mass is 10.1. The van der Waals surface area contributed by atoms with Gasteiger partial charge in [-0.15, -0.1) is 12.4 Å². The van der Waals surface area contributed by atoms with Crippen molar-refractivity contribution >= 4 is 47.2 Å². The highest BCUT2D eigenvalue weighted by molar-refractivity contribution is 5.85. The summed E-state index contributed by atoms with van der Waals surface area (Å²) >= 11 is 0. The predicted octanol–water partition coefficient (Wildman–Crippen LogP) is 3.15. The number of aliphatic carboxylic acids is 1. The summed E-state index contributed by atoms with van der Waals surface area (Å²) in [5, 5.41) is 37.7. The number of hydrogen-bond donors (Lipinski definition) is 3. The first-order chi connectivity index (χ1) is 25.2. The largest absolute Gasteiger partial charge is 0.511 e. The molecule has 0 bridgehead atoms. The molecule has 0 fully saturated rings. The summed E-state index contributed by atoms with van der Waals surface area (Å²) in [6.07, 6.45) is 4.99. The summed E-state index contributed by atoms with van der Waals surface area (Å²) in [7, 11) is 0. The first-order valence-corrected chi connectivity index (χ1v) is 16.8. The van der Waals surface area contributed by atoms with E-state index in [9.17, 15) is 29.4 Å². The minimum absolute atomic E-state index is 0. The highest BCUT2D eigenvalue weighted by atomic mass is 35.5. The van der Waals surface area contributed by atoms with Crippen LogP contribution in [0.1, 0.15) is 55.1 Å². The Morgan fingerprint density at radius 3 is 1.49 bits per heavy atom. The molecule has 0 saturated carbocycles. The zero-order chi connectivity index (χ0) is 37.0. The first-order valence-electron chi connectivity index (χ1n) is 16.8. The van der Waals surface area contributed by atoms with Gasteiger partial charge in [-0.3, -0.25) is 19.2 Å². The third kappa shape index (κ3) is 10.2. The molecule has 0 aliphatic carbocycles. The number of fused-ring (bicyclic) bond motifs is 2. The van der Waals surface area contributed by atoms with E-state index in [1.54, 1.807) is 11.4 Å². The maximum atomic E-state index is 12.6. The van der Waals surface area contributed by atoms with Gasteiger partial charge in [0, 0.05) is 36.4 Å². The number of carbonyl (C=O) groups excluding carboxylic acids is 1. The Morgan fingerprint density at radius 1 is 0.642 bits per heavy atom. The van der Waals surface area contributed by atoms with Crippen molar-refractivity contribution in [3.63, 3.8) is 0 Å². The molecule has 15 heteroatoms. The van der Waals surface area contributed by atoms with Gasteiger partial charge in [-0.25, -0.2) is 19.0 Å². The lowest BCUT2D eigenvalue weighted by Crippen LogP contribution is -2.31. The van der Waals surface area contributed by atoms with E-state index in [2.05, 4.69) is 20.2 Å². The summed E-state index contributed by atoms with van der Waals surface area (Å²) in [5.41, 5.74) is 3.54. The van der Waals surface area contributed by atoms with Crippen LogP contribution in [0, 0.1) is 0 Å². The van der Waals surface area contributed by atoms with Crippen LogP contribution in [-0.4, -0.2) is 63.1 Å². The van der Waals surface area contributed by atoms with E-state index >= 15 is 0 Å². The number of aryl methyl sites for hydroxylation is 4. The van der Waals surface area contributed by atoms with Crippen molar-refractivity contribution in [1.29, 1.82) is 0 Å². The summed E-state index contributed by atoms with van der Waals surface area (Å²) < 4.78 is 7.94. The fourth-order valence-corrected chi connectivity index (χ4v) is 5.70. The van der Waals surface area contributed by atoms with Gasteiger partial charge in [0.05, 0.1) is 19.4 Å². The number of nitrogens with zero attached hydrogens (tertiary/aromatic N) is 6. The van der Waals surface area contributed by atoms with Crippen molar-refractivity contribution in [2.75, 3.05) is 6.61 Å². The molecule has 0 saturated heterocycles. The molecule has 6 aromatic rings. The molecule has 4 heterocycles. The number of carboxylic acid groups (broad SMARTS) is 1. The van der Waals surface area contributed by atoms with Gasteiger partial charge in [0.1, 0.15) is 34.6 Å². The van der Waals surface area contributed by atoms with E-state index in [0.29, 0.717) is 24.2 Å². The Kier molecular flexibility index (Phi) is 14.1. The topological polar surface area (TPSA) is 199 Å². The Hall–Kier alpha value is -6.15. The SMILES string of the molecule is CCOC(=O)CCC(O)=c1c(=O)cc(CCc2ccccc2)n2ncnc12.Cl.O=C(O)CCC(O)=c1c(=O)cc(CCc2ccccc2)n2ncnc12. The van der Waals surface area contributed by atoms with Crippen LogP contribution in [0.25, 0.3) is 22.8 Å². The van der Waals surface area contributed by atoms with E-state index < -0.39 is 11.9 Å². The average Bonchev–Trinajstić information content (AvgIpc) is 3.83. The highest BCUT2D eigenvalue weighted by Gasteiger charge is 2.15. The van der Waals surface area contributed by atoms with Gasteiger partial charge in [-0.05, 0) is 43.7 Å². The molecule has 0 aliphatic rings. The van der Waals surface area contributed by atoms with Crippen molar-refractivity contribution in [2.45, 2.75) is 58.3 Å². The normalized spacial score (nSPS) is 12.0. The zero-order valence-corrected chi connectivity index (χ0v) is 29.7. The van der Waals surface area contributed by atoms with E-state index in [1.807, 2.05) is 60.7 Å². The minimum Gasteiger partial charge on any atom is -0.511 e. The summed E-state index contributed by atoms with van der Waals surface area (Å²) in [5.74, 6) is -1.93. The number of carbonyl (C=O) groups is 2. The minimum atomic E-state index is -1.05.